The van der Waals surface area contributed by atoms with Gasteiger partial charge in [0, 0.05) is 111 Å². The number of azide groups is 3. The van der Waals surface area contributed by atoms with Crippen molar-refractivity contribution in [3.8, 4) is 0 Å². The van der Waals surface area contributed by atoms with Crippen LogP contribution in [-0.4, -0.2) is 145 Å². The number of hydrogen-bond acceptors (Lipinski definition) is 17. The molecule has 0 radical (unpaired) electrons. The Bertz CT molecular complexity index is 1920. The molecular weight excluding hydrogens is 871 g/mol. The smallest absolute Gasteiger partial charge is 0.305 e. The summed E-state index contributed by atoms with van der Waals surface area (Å²) < 4.78 is 14.6. The quantitative estimate of drug-likeness (QED) is 0.0222. The summed E-state index contributed by atoms with van der Waals surface area (Å²) in [7, 11) is 6.81. The SMILES string of the molecule is CN(CCCN=[N+]=[N-])Cc1cn(CCCCCC(=O)O)nn1.COC(=O)CCCCCn1cc(CN(C)CCCN=[N+]=[N-])nn1.COC(=O)CCCCCn1cc(CNCCCN=[N+]=[N-])nn1. The monoisotopic (exact) mass is 942 g/mol. The van der Waals surface area contributed by atoms with Crippen molar-refractivity contribution in [1.29, 1.82) is 0 Å². The first-order valence-electron chi connectivity index (χ1n) is 22.7. The first kappa shape index (κ1) is 58.7. The molecule has 3 rings (SSSR count). The molecular formula is C40H71N21O6. The van der Waals surface area contributed by atoms with Crippen molar-refractivity contribution in [3.63, 3.8) is 0 Å². The van der Waals surface area contributed by atoms with E-state index in [1.165, 1.54) is 14.2 Å². The van der Waals surface area contributed by atoms with E-state index < -0.39 is 5.97 Å². The van der Waals surface area contributed by atoms with E-state index in [0.717, 1.165) is 134 Å². The molecule has 0 aromatic carbocycles. The molecule has 0 atom stereocenters. The van der Waals surface area contributed by atoms with Gasteiger partial charge in [-0.1, -0.05) is 50.2 Å². The summed E-state index contributed by atoms with van der Waals surface area (Å²) in [5.41, 5.74) is 27.3. The first-order valence-corrected chi connectivity index (χ1v) is 22.7. The van der Waals surface area contributed by atoms with Crippen LogP contribution in [0.3, 0.4) is 0 Å². The van der Waals surface area contributed by atoms with E-state index >= 15 is 0 Å². The van der Waals surface area contributed by atoms with Gasteiger partial charge in [-0.15, -0.1) is 15.3 Å². The fourth-order valence-corrected chi connectivity index (χ4v) is 6.10. The lowest BCUT2D eigenvalue weighted by atomic mass is 10.2. The van der Waals surface area contributed by atoms with Gasteiger partial charge in [-0.25, -0.2) is 0 Å². The molecule has 0 saturated heterocycles. The summed E-state index contributed by atoms with van der Waals surface area (Å²) in [6, 6.07) is 0. The van der Waals surface area contributed by atoms with Crippen LogP contribution in [0.5, 0.6) is 0 Å². The lowest BCUT2D eigenvalue weighted by Gasteiger charge is -2.13. The molecule has 2 N–H and O–H groups in total. The summed E-state index contributed by atoms with van der Waals surface area (Å²) in [6.45, 7) is 8.41. The predicted molar refractivity (Wildman–Crippen MR) is 247 cm³/mol. The number of carbonyl (C=O) groups excluding carboxylic acids is 2. The van der Waals surface area contributed by atoms with Gasteiger partial charge in [0.15, 0.2) is 0 Å². The normalized spacial score (nSPS) is 10.5. The van der Waals surface area contributed by atoms with Gasteiger partial charge in [0.1, 0.15) is 0 Å². The van der Waals surface area contributed by atoms with Crippen molar-refractivity contribution < 1.29 is 29.0 Å². The van der Waals surface area contributed by atoms with Gasteiger partial charge < -0.3 is 29.7 Å². The zero-order chi connectivity index (χ0) is 49.2. The molecule has 372 valence electrons. The molecule has 0 aliphatic rings. The first-order chi connectivity index (χ1) is 32.5. The number of rotatable bonds is 36. The second-order valence-electron chi connectivity index (χ2n) is 15.5. The number of aromatic nitrogens is 9. The average molecular weight is 942 g/mol. The molecule has 3 heterocycles. The van der Waals surface area contributed by atoms with Crippen LogP contribution in [0.25, 0.3) is 31.3 Å². The van der Waals surface area contributed by atoms with Gasteiger partial charge in [-0.3, -0.25) is 28.4 Å². The minimum absolute atomic E-state index is 0.156. The van der Waals surface area contributed by atoms with E-state index in [-0.39, 0.29) is 18.4 Å². The molecule has 0 fully saturated rings. The Balaban J connectivity index is 0.000000503. The number of ether oxygens (including phenoxy) is 2. The number of carboxylic acid groups (broad SMARTS) is 1. The van der Waals surface area contributed by atoms with Crippen molar-refractivity contribution in [3.05, 3.63) is 67.0 Å². The van der Waals surface area contributed by atoms with Crippen molar-refractivity contribution in [1.82, 2.24) is 60.1 Å². The fraction of sp³-hybridized carbons (Fsp3) is 0.775. The Kier molecular flexibility index (Phi) is 35.0. The highest BCUT2D eigenvalue weighted by atomic mass is 16.5. The lowest BCUT2D eigenvalue weighted by Crippen LogP contribution is -2.19. The third-order valence-corrected chi connectivity index (χ3v) is 9.59. The van der Waals surface area contributed by atoms with Gasteiger partial charge in [0.2, 0.25) is 0 Å². The summed E-state index contributed by atoms with van der Waals surface area (Å²) in [5.74, 6) is -1.06. The maximum Gasteiger partial charge on any atom is 0.305 e. The van der Waals surface area contributed by atoms with E-state index in [2.05, 4.69) is 85.6 Å². The number of aryl methyl sites for hydroxylation is 3. The molecule has 27 heteroatoms. The van der Waals surface area contributed by atoms with Crippen molar-refractivity contribution >= 4 is 17.9 Å². The molecule has 0 spiro atoms. The maximum absolute atomic E-state index is 11.0. The van der Waals surface area contributed by atoms with Gasteiger partial charge in [-0.2, -0.15) is 0 Å². The Morgan fingerprint density at radius 3 is 1.39 bits per heavy atom. The third kappa shape index (κ3) is 33.7. The van der Waals surface area contributed by atoms with Gasteiger partial charge in [0.05, 0.1) is 31.3 Å². The molecule has 27 nitrogen and oxygen atoms in total. The number of aliphatic carboxylic acids is 1. The molecule has 67 heavy (non-hydrogen) atoms. The number of unbranched alkanes of at least 4 members (excludes halogenated alkanes) is 6. The molecule has 0 saturated carbocycles. The minimum Gasteiger partial charge on any atom is -0.481 e. The van der Waals surface area contributed by atoms with E-state index in [1.54, 1.807) is 4.68 Å². The van der Waals surface area contributed by atoms with Crippen LogP contribution < -0.4 is 5.32 Å². The van der Waals surface area contributed by atoms with E-state index in [9.17, 15) is 14.4 Å². The number of carboxylic acids is 1. The number of methoxy groups -OCH3 is 2. The van der Waals surface area contributed by atoms with Crippen LogP contribution in [0.1, 0.15) is 113 Å². The van der Waals surface area contributed by atoms with Crippen LogP contribution >= 0.6 is 0 Å². The largest absolute Gasteiger partial charge is 0.481 e. The second kappa shape index (κ2) is 40.0. The highest BCUT2D eigenvalue weighted by Crippen LogP contribution is 2.07. The number of nitrogens with one attached hydrogen (secondary N) is 1. The Hall–Kier alpha value is -6.36. The number of nitrogens with zero attached hydrogens (tertiary/aromatic N) is 20. The number of esters is 2. The highest BCUT2D eigenvalue weighted by Gasteiger charge is 2.08. The van der Waals surface area contributed by atoms with Gasteiger partial charge in [-0.05, 0) is 108 Å². The van der Waals surface area contributed by atoms with E-state index in [4.69, 9.17) is 21.7 Å². The summed E-state index contributed by atoms with van der Waals surface area (Å²) in [5, 5.41) is 46.9. The lowest BCUT2D eigenvalue weighted by molar-refractivity contribution is -0.141. The maximum atomic E-state index is 11.0. The van der Waals surface area contributed by atoms with Crippen molar-refractivity contribution in [2.75, 3.05) is 67.6 Å². The molecule has 0 aliphatic carbocycles. The molecule has 3 aromatic heterocycles. The molecule has 0 amide bonds. The predicted octanol–water partition coefficient (Wildman–Crippen LogP) is 6.00. The van der Waals surface area contributed by atoms with Crippen LogP contribution in [0.15, 0.2) is 33.9 Å². The standard InChI is InChI=1S/C14H25N7O2.2C13H23N7O2/c1-20(9-6-8-16-18-15)11-13-12-21(19-17-13)10-5-3-4-7-14(22)23-2;1-19(8-5-7-15-17-14)10-12-11-20(18-16-12)9-4-2-3-6-13(21)22;1-22-13(21)6-3-2-4-9-20-11-12(17-19-20)10-15-7-5-8-16-18-14/h12H,3-11H2,1-2H3;11H,2-10H2,1H3,(H,21,22);11,15H,2-10H2,1H3. The molecule has 0 aliphatic heterocycles. The third-order valence-electron chi connectivity index (χ3n) is 9.59. The summed E-state index contributed by atoms with van der Waals surface area (Å²) in [4.78, 5) is 44.7. The fourth-order valence-electron chi connectivity index (χ4n) is 6.10. The minimum atomic E-state index is -0.744. The Morgan fingerprint density at radius 2 is 0.985 bits per heavy atom. The van der Waals surface area contributed by atoms with Crippen molar-refractivity contribution in [2.24, 2.45) is 15.3 Å². The Labute approximate surface area is 391 Å². The number of hydrogen-bond donors (Lipinski definition) is 2. The molecule has 0 bridgehead atoms. The molecule has 0 unspecified atom stereocenters. The average Bonchev–Trinajstić information content (AvgIpc) is 4.09. The second-order valence-corrected chi connectivity index (χ2v) is 15.5. The zero-order valence-corrected chi connectivity index (χ0v) is 39.8. The van der Waals surface area contributed by atoms with Crippen LogP contribution in [0, 0.1) is 0 Å². The Morgan fingerprint density at radius 1 is 0.597 bits per heavy atom. The molecule has 3 aromatic rings. The van der Waals surface area contributed by atoms with Gasteiger partial charge >= 0.3 is 17.9 Å². The van der Waals surface area contributed by atoms with Crippen LogP contribution in [0.4, 0.5) is 0 Å². The summed E-state index contributed by atoms with van der Waals surface area (Å²) in [6.07, 6.45) is 17.4. The van der Waals surface area contributed by atoms with E-state index in [0.29, 0.717) is 52.0 Å². The topological polar surface area (TPSA) is 347 Å². The van der Waals surface area contributed by atoms with Crippen molar-refractivity contribution in [2.45, 2.75) is 136 Å². The van der Waals surface area contributed by atoms with Gasteiger partial charge in [0.25, 0.3) is 0 Å². The van der Waals surface area contributed by atoms with Crippen LogP contribution in [-0.2, 0) is 63.1 Å². The highest BCUT2D eigenvalue weighted by molar-refractivity contribution is 5.69. The van der Waals surface area contributed by atoms with E-state index in [1.807, 2.05) is 42.0 Å². The summed E-state index contributed by atoms with van der Waals surface area (Å²) >= 11 is 0. The zero-order valence-electron chi connectivity index (χ0n) is 39.8. The number of carbonyl (C=O) groups is 3. The van der Waals surface area contributed by atoms with Crippen LogP contribution in [0.2, 0.25) is 0 Å².